The molecule has 1 heterocycles. The van der Waals surface area contributed by atoms with Crippen molar-refractivity contribution in [2.75, 3.05) is 5.32 Å². The van der Waals surface area contributed by atoms with Gasteiger partial charge in [0.2, 0.25) is 0 Å². The van der Waals surface area contributed by atoms with E-state index in [1.807, 2.05) is 25.1 Å². The molecule has 0 saturated carbocycles. The molecule has 0 atom stereocenters. The van der Waals surface area contributed by atoms with Gasteiger partial charge in [0, 0.05) is 16.2 Å². The van der Waals surface area contributed by atoms with E-state index in [9.17, 15) is 4.79 Å². The fourth-order valence-corrected chi connectivity index (χ4v) is 2.24. The number of rotatable bonds is 3. The number of carbonyl (C=O) groups is 1. The summed E-state index contributed by atoms with van der Waals surface area (Å²) in [5.74, 6) is 0.806. The lowest BCUT2D eigenvalue weighted by atomic mass is 9.97. The molecular weight excluding hydrogens is 316 g/mol. The van der Waals surface area contributed by atoms with Crippen LogP contribution in [0.2, 0.25) is 0 Å². The van der Waals surface area contributed by atoms with E-state index >= 15 is 0 Å². The molecule has 3 nitrogen and oxygen atoms in total. The molecule has 0 aliphatic rings. The van der Waals surface area contributed by atoms with Crippen LogP contribution in [-0.2, 0) is 0 Å². The van der Waals surface area contributed by atoms with Crippen molar-refractivity contribution >= 4 is 27.7 Å². The number of aryl methyl sites for hydroxylation is 1. The van der Waals surface area contributed by atoms with E-state index in [2.05, 4.69) is 46.1 Å². The van der Waals surface area contributed by atoms with Gasteiger partial charge in [-0.2, -0.15) is 0 Å². The molecule has 0 saturated heterocycles. The molecule has 0 bridgehead atoms. The normalized spacial score (nSPS) is 10.7. The van der Waals surface area contributed by atoms with E-state index in [0.29, 0.717) is 17.3 Å². The topological polar surface area (TPSA) is 42.0 Å². The van der Waals surface area contributed by atoms with Crippen molar-refractivity contribution in [3.63, 3.8) is 0 Å². The number of amides is 1. The Morgan fingerprint density at radius 2 is 2.00 bits per heavy atom. The molecular formula is C16H17BrN2O. The van der Waals surface area contributed by atoms with Crippen molar-refractivity contribution in [1.29, 1.82) is 0 Å². The Kier molecular flexibility index (Phi) is 4.55. The monoisotopic (exact) mass is 332 g/mol. The smallest absolute Gasteiger partial charge is 0.257 e. The number of pyridine rings is 1. The number of carbonyl (C=O) groups excluding carboxylic acids is 1. The lowest BCUT2D eigenvalue weighted by Gasteiger charge is -2.11. The molecule has 20 heavy (non-hydrogen) atoms. The molecule has 4 heteroatoms. The highest BCUT2D eigenvalue weighted by atomic mass is 79.9. The zero-order valence-electron chi connectivity index (χ0n) is 11.8. The largest absolute Gasteiger partial charge is 0.307 e. The van der Waals surface area contributed by atoms with Crippen molar-refractivity contribution < 1.29 is 4.79 Å². The van der Waals surface area contributed by atoms with Crippen LogP contribution in [0.5, 0.6) is 0 Å². The minimum atomic E-state index is -0.129. The number of hydrogen-bond acceptors (Lipinski definition) is 2. The van der Waals surface area contributed by atoms with E-state index in [-0.39, 0.29) is 5.91 Å². The van der Waals surface area contributed by atoms with Crippen LogP contribution in [0.4, 0.5) is 5.82 Å². The first-order valence-corrected chi connectivity index (χ1v) is 7.30. The van der Waals surface area contributed by atoms with Gasteiger partial charge in [-0.1, -0.05) is 41.9 Å². The number of halogens is 1. The van der Waals surface area contributed by atoms with Crippen LogP contribution in [0.25, 0.3) is 0 Å². The van der Waals surface area contributed by atoms with Crippen LogP contribution in [-0.4, -0.2) is 10.9 Å². The predicted octanol–water partition coefficient (Wildman–Crippen LogP) is 4.53. The van der Waals surface area contributed by atoms with Crippen molar-refractivity contribution in [3.8, 4) is 0 Å². The maximum Gasteiger partial charge on any atom is 0.257 e. The van der Waals surface area contributed by atoms with Gasteiger partial charge in [-0.05, 0) is 42.2 Å². The maximum atomic E-state index is 12.4. The van der Waals surface area contributed by atoms with Gasteiger partial charge >= 0.3 is 0 Å². The second kappa shape index (κ2) is 6.18. The van der Waals surface area contributed by atoms with Crippen LogP contribution in [0.15, 0.2) is 41.0 Å². The summed E-state index contributed by atoms with van der Waals surface area (Å²) in [6, 6.07) is 9.60. The van der Waals surface area contributed by atoms with Gasteiger partial charge in [0.25, 0.3) is 5.91 Å². The first kappa shape index (κ1) is 14.7. The Morgan fingerprint density at radius 3 is 2.65 bits per heavy atom. The third-order valence-electron chi connectivity index (χ3n) is 3.14. The highest BCUT2D eigenvalue weighted by molar-refractivity contribution is 9.10. The summed E-state index contributed by atoms with van der Waals surface area (Å²) in [7, 11) is 0. The highest BCUT2D eigenvalue weighted by Crippen LogP contribution is 2.20. The molecule has 0 fully saturated rings. The van der Waals surface area contributed by atoms with E-state index in [1.54, 1.807) is 12.3 Å². The van der Waals surface area contributed by atoms with Crippen LogP contribution in [0.1, 0.15) is 41.3 Å². The summed E-state index contributed by atoms with van der Waals surface area (Å²) in [6.45, 7) is 6.16. The van der Waals surface area contributed by atoms with Gasteiger partial charge in [-0.25, -0.2) is 4.98 Å². The van der Waals surface area contributed by atoms with Gasteiger partial charge in [0.05, 0.1) is 0 Å². The fraction of sp³-hybridized carbons (Fsp3) is 0.250. The first-order chi connectivity index (χ1) is 9.47. The first-order valence-electron chi connectivity index (χ1n) is 6.51. The number of hydrogen-bond donors (Lipinski definition) is 1. The highest BCUT2D eigenvalue weighted by Gasteiger charge is 2.12. The van der Waals surface area contributed by atoms with Crippen LogP contribution >= 0.6 is 15.9 Å². The number of nitrogens with one attached hydrogen (secondary N) is 1. The van der Waals surface area contributed by atoms with Crippen LogP contribution in [0, 0.1) is 6.92 Å². The Morgan fingerprint density at radius 1 is 1.25 bits per heavy atom. The molecule has 2 aromatic rings. The predicted molar refractivity (Wildman–Crippen MR) is 85.2 cm³/mol. The Labute approximate surface area is 127 Å². The molecule has 0 radical (unpaired) electrons. The van der Waals surface area contributed by atoms with Crippen molar-refractivity contribution in [2.45, 2.75) is 26.7 Å². The third-order valence-corrected chi connectivity index (χ3v) is 3.63. The van der Waals surface area contributed by atoms with E-state index < -0.39 is 0 Å². The molecule has 1 amide bonds. The van der Waals surface area contributed by atoms with Gasteiger partial charge < -0.3 is 5.32 Å². The Balaban J connectivity index is 2.27. The summed E-state index contributed by atoms with van der Waals surface area (Å²) in [6.07, 6.45) is 1.65. The van der Waals surface area contributed by atoms with E-state index in [4.69, 9.17) is 0 Å². The van der Waals surface area contributed by atoms with Crippen LogP contribution in [0.3, 0.4) is 0 Å². The second-order valence-corrected chi connectivity index (χ2v) is 5.96. The lowest BCUT2D eigenvalue weighted by Crippen LogP contribution is -2.14. The van der Waals surface area contributed by atoms with Gasteiger partial charge in [-0.3, -0.25) is 4.79 Å². The molecule has 104 valence electrons. The molecule has 1 aromatic carbocycles. The molecule has 2 rings (SSSR count). The van der Waals surface area contributed by atoms with Gasteiger partial charge in [0.1, 0.15) is 5.82 Å². The minimum absolute atomic E-state index is 0.129. The van der Waals surface area contributed by atoms with E-state index in [1.165, 1.54) is 0 Å². The summed E-state index contributed by atoms with van der Waals surface area (Å²) < 4.78 is 0.885. The summed E-state index contributed by atoms with van der Waals surface area (Å²) in [4.78, 5) is 16.5. The van der Waals surface area contributed by atoms with Gasteiger partial charge in [-0.15, -0.1) is 0 Å². The molecule has 0 aliphatic heterocycles. The average Bonchev–Trinajstić information content (AvgIpc) is 2.38. The second-order valence-electron chi connectivity index (χ2n) is 5.04. The average molecular weight is 333 g/mol. The quantitative estimate of drug-likeness (QED) is 0.897. The summed E-state index contributed by atoms with van der Waals surface area (Å²) >= 11 is 3.36. The zero-order valence-corrected chi connectivity index (χ0v) is 13.4. The summed E-state index contributed by atoms with van der Waals surface area (Å²) in [5, 5.41) is 2.83. The van der Waals surface area contributed by atoms with Crippen molar-refractivity contribution in [1.82, 2.24) is 4.98 Å². The maximum absolute atomic E-state index is 12.4. The number of benzene rings is 1. The molecule has 1 aromatic heterocycles. The van der Waals surface area contributed by atoms with Gasteiger partial charge in [0.15, 0.2) is 0 Å². The zero-order chi connectivity index (χ0) is 14.7. The lowest BCUT2D eigenvalue weighted by molar-refractivity contribution is 0.102. The van der Waals surface area contributed by atoms with Crippen molar-refractivity contribution in [3.05, 3.63) is 57.7 Å². The molecule has 1 N–H and O–H groups in total. The molecule has 0 aliphatic carbocycles. The SMILES string of the molecule is Cc1ccc(C(C)C)cc1C(=O)Nc1cc(Br)ccn1. The Hall–Kier alpha value is -1.68. The van der Waals surface area contributed by atoms with Crippen LogP contribution < -0.4 is 5.32 Å². The standard InChI is InChI=1S/C16H17BrN2O/c1-10(2)12-5-4-11(3)14(8-12)16(20)19-15-9-13(17)6-7-18-15/h4-10H,1-3H3,(H,18,19,20). The number of aromatic nitrogens is 1. The Bertz CT molecular complexity index is 638. The third kappa shape index (κ3) is 3.45. The number of nitrogens with zero attached hydrogens (tertiary/aromatic N) is 1. The fourth-order valence-electron chi connectivity index (χ4n) is 1.90. The number of anilines is 1. The minimum Gasteiger partial charge on any atom is -0.307 e. The molecule has 0 spiro atoms. The summed E-state index contributed by atoms with van der Waals surface area (Å²) in [5.41, 5.74) is 2.81. The van der Waals surface area contributed by atoms with Crippen molar-refractivity contribution in [2.24, 2.45) is 0 Å². The van der Waals surface area contributed by atoms with E-state index in [0.717, 1.165) is 15.6 Å². The molecule has 0 unspecified atom stereocenters.